The summed E-state index contributed by atoms with van der Waals surface area (Å²) >= 11 is 0. The Balaban J connectivity index is 1.45. The van der Waals surface area contributed by atoms with E-state index in [1.807, 2.05) is 18.2 Å². The van der Waals surface area contributed by atoms with Crippen LogP contribution >= 0.6 is 0 Å². The maximum absolute atomic E-state index is 6.73. The molecule has 0 amide bonds. The van der Waals surface area contributed by atoms with Crippen molar-refractivity contribution in [3.05, 3.63) is 108 Å². The molecular weight excluding hydrogens is 444 g/mol. The van der Waals surface area contributed by atoms with Gasteiger partial charge in [-0.25, -0.2) is 0 Å². The second-order valence-corrected chi connectivity index (χ2v) is 9.33. The molecule has 0 saturated carbocycles. The molecule has 3 heteroatoms. The first kappa shape index (κ1) is 28.1. The molecule has 0 aliphatic carbocycles. The molecule has 3 aromatic carbocycles. The van der Waals surface area contributed by atoms with Crippen LogP contribution in [0.25, 0.3) is 0 Å². The Kier molecular flexibility index (Phi) is 13.3. The van der Waals surface area contributed by atoms with Crippen LogP contribution in [0.2, 0.25) is 0 Å². The third-order valence-electron chi connectivity index (χ3n) is 6.60. The van der Waals surface area contributed by atoms with E-state index < -0.39 is 5.60 Å². The Morgan fingerprint density at radius 1 is 0.444 bits per heavy atom. The number of rotatable bonds is 19. The summed E-state index contributed by atoms with van der Waals surface area (Å²) in [5, 5.41) is 0. The van der Waals surface area contributed by atoms with Crippen molar-refractivity contribution in [1.29, 1.82) is 0 Å². The fourth-order valence-corrected chi connectivity index (χ4v) is 4.68. The van der Waals surface area contributed by atoms with Crippen molar-refractivity contribution < 1.29 is 14.2 Å². The van der Waals surface area contributed by atoms with Crippen molar-refractivity contribution in [2.45, 2.75) is 63.9 Å². The second kappa shape index (κ2) is 17.1. The molecule has 0 N–H and O–H groups in total. The van der Waals surface area contributed by atoms with Crippen LogP contribution in [0, 0.1) is 0 Å². The van der Waals surface area contributed by atoms with Gasteiger partial charge in [-0.2, -0.15) is 0 Å². The Morgan fingerprint density at radius 2 is 0.833 bits per heavy atom. The van der Waals surface area contributed by atoms with E-state index in [4.69, 9.17) is 14.2 Å². The summed E-state index contributed by atoms with van der Waals surface area (Å²) in [6.07, 6.45) is 10.6. The molecule has 0 heterocycles. The van der Waals surface area contributed by atoms with E-state index in [1.165, 1.54) is 44.9 Å². The highest BCUT2D eigenvalue weighted by atomic mass is 16.5. The summed E-state index contributed by atoms with van der Waals surface area (Å²) in [5.74, 6) is 0. The molecule has 36 heavy (non-hydrogen) atoms. The van der Waals surface area contributed by atoms with Crippen LogP contribution in [0.15, 0.2) is 91.0 Å². The lowest BCUT2D eigenvalue weighted by molar-refractivity contribution is -0.0334. The highest BCUT2D eigenvalue weighted by Crippen LogP contribution is 2.40. The average molecular weight is 489 g/mol. The van der Waals surface area contributed by atoms with Crippen LogP contribution < -0.4 is 0 Å². The van der Waals surface area contributed by atoms with Crippen molar-refractivity contribution in [1.82, 2.24) is 0 Å². The molecule has 0 saturated heterocycles. The predicted octanol–water partition coefficient (Wildman–Crippen LogP) is 8.17. The van der Waals surface area contributed by atoms with Gasteiger partial charge in [-0.15, -0.1) is 0 Å². The minimum atomic E-state index is -0.694. The second-order valence-electron chi connectivity index (χ2n) is 9.33. The Morgan fingerprint density at radius 3 is 1.31 bits per heavy atom. The normalized spacial score (nSPS) is 11.6. The summed E-state index contributed by atoms with van der Waals surface area (Å²) in [7, 11) is 0. The fourth-order valence-electron chi connectivity index (χ4n) is 4.68. The van der Waals surface area contributed by atoms with Crippen molar-refractivity contribution >= 4 is 0 Å². The monoisotopic (exact) mass is 488 g/mol. The van der Waals surface area contributed by atoms with Gasteiger partial charge in [0.2, 0.25) is 0 Å². The summed E-state index contributed by atoms with van der Waals surface area (Å²) in [6.45, 7) is 5.33. The zero-order valence-corrected chi connectivity index (χ0v) is 22.1. The first-order valence-corrected chi connectivity index (χ1v) is 13.8. The molecule has 0 aromatic heterocycles. The van der Waals surface area contributed by atoms with E-state index in [2.05, 4.69) is 79.7 Å². The smallest absolute Gasteiger partial charge is 0.143 e. The summed E-state index contributed by atoms with van der Waals surface area (Å²) in [6, 6.07) is 31.4. The first-order valence-electron chi connectivity index (χ1n) is 13.8. The van der Waals surface area contributed by atoms with Gasteiger partial charge in [-0.1, -0.05) is 143 Å². The summed E-state index contributed by atoms with van der Waals surface area (Å²) < 4.78 is 18.4. The van der Waals surface area contributed by atoms with Gasteiger partial charge in [-0.3, -0.25) is 0 Å². The van der Waals surface area contributed by atoms with Gasteiger partial charge in [0.25, 0.3) is 0 Å². The third-order valence-corrected chi connectivity index (χ3v) is 6.60. The molecule has 0 fully saturated rings. The third kappa shape index (κ3) is 8.89. The van der Waals surface area contributed by atoms with Crippen LogP contribution in [0.4, 0.5) is 0 Å². The topological polar surface area (TPSA) is 27.7 Å². The maximum Gasteiger partial charge on any atom is 0.143 e. The van der Waals surface area contributed by atoms with E-state index in [0.29, 0.717) is 26.4 Å². The van der Waals surface area contributed by atoms with Crippen molar-refractivity contribution in [2.24, 2.45) is 0 Å². The van der Waals surface area contributed by atoms with E-state index in [0.717, 1.165) is 29.7 Å². The lowest BCUT2D eigenvalue weighted by atomic mass is 9.80. The average Bonchev–Trinajstić information content (AvgIpc) is 2.94. The van der Waals surface area contributed by atoms with E-state index in [1.54, 1.807) is 0 Å². The standard InChI is InChI=1S/C33H44O3/c1-2-3-4-5-6-7-8-18-25-34-26-27-35-28-29-36-33(30-19-12-9-13-20-30,31-21-14-10-15-22-31)32-23-16-11-17-24-32/h9-17,19-24H,2-8,18,25-29H2,1H3. The predicted molar refractivity (Wildman–Crippen MR) is 149 cm³/mol. The zero-order valence-electron chi connectivity index (χ0n) is 22.1. The number of ether oxygens (including phenoxy) is 3. The summed E-state index contributed by atoms with van der Waals surface area (Å²) in [4.78, 5) is 0. The van der Waals surface area contributed by atoms with Gasteiger partial charge in [0.15, 0.2) is 0 Å². The molecule has 0 atom stereocenters. The van der Waals surface area contributed by atoms with E-state index in [-0.39, 0.29) is 0 Å². The Hall–Kier alpha value is -2.46. The Labute approximate surface area is 218 Å². The van der Waals surface area contributed by atoms with Crippen LogP contribution in [0.1, 0.15) is 75.0 Å². The fraction of sp³-hybridized carbons (Fsp3) is 0.455. The van der Waals surface area contributed by atoms with Gasteiger partial charge in [0, 0.05) is 6.61 Å². The molecule has 0 spiro atoms. The highest BCUT2D eigenvalue weighted by Gasteiger charge is 2.37. The lowest BCUT2D eigenvalue weighted by Crippen LogP contribution is -2.34. The number of unbranched alkanes of at least 4 members (excludes halogenated alkanes) is 7. The minimum Gasteiger partial charge on any atom is -0.379 e. The van der Waals surface area contributed by atoms with Crippen molar-refractivity contribution in [2.75, 3.05) is 33.0 Å². The largest absolute Gasteiger partial charge is 0.379 e. The summed E-state index contributed by atoms with van der Waals surface area (Å²) in [5.41, 5.74) is 2.63. The number of hydrogen-bond donors (Lipinski definition) is 0. The molecule has 0 bridgehead atoms. The number of hydrogen-bond acceptors (Lipinski definition) is 3. The maximum atomic E-state index is 6.73. The molecule has 194 valence electrons. The zero-order chi connectivity index (χ0) is 25.2. The Bertz CT molecular complexity index is 815. The van der Waals surface area contributed by atoms with Gasteiger partial charge >= 0.3 is 0 Å². The van der Waals surface area contributed by atoms with Crippen LogP contribution in [0.5, 0.6) is 0 Å². The highest BCUT2D eigenvalue weighted by molar-refractivity contribution is 5.47. The molecule has 0 aliphatic heterocycles. The lowest BCUT2D eigenvalue weighted by Gasteiger charge is -2.36. The molecule has 3 rings (SSSR count). The van der Waals surface area contributed by atoms with Gasteiger partial charge < -0.3 is 14.2 Å². The first-order chi connectivity index (χ1) is 17.9. The SMILES string of the molecule is CCCCCCCCCCOCCOCCOC(c1ccccc1)(c1ccccc1)c1ccccc1. The van der Waals surface area contributed by atoms with Crippen molar-refractivity contribution in [3.63, 3.8) is 0 Å². The quantitative estimate of drug-likeness (QED) is 0.126. The molecule has 3 nitrogen and oxygen atoms in total. The minimum absolute atomic E-state index is 0.483. The molecule has 0 radical (unpaired) electrons. The van der Waals surface area contributed by atoms with Crippen LogP contribution in [-0.4, -0.2) is 33.0 Å². The van der Waals surface area contributed by atoms with Crippen molar-refractivity contribution in [3.8, 4) is 0 Å². The molecular formula is C33H44O3. The van der Waals surface area contributed by atoms with Crippen LogP contribution in [-0.2, 0) is 19.8 Å². The van der Waals surface area contributed by atoms with E-state index >= 15 is 0 Å². The molecule has 0 aliphatic rings. The van der Waals surface area contributed by atoms with Crippen LogP contribution in [0.3, 0.4) is 0 Å². The van der Waals surface area contributed by atoms with Gasteiger partial charge in [-0.05, 0) is 23.1 Å². The molecule has 0 unspecified atom stereocenters. The van der Waals surface area contributed by atoms with E-state index in [9.17, 15) is 0 Å². The number of benzene rings is 3. The van der Waals surface area contributed by atoms with Gasteiger partial charge in [0.1, 0.15) is 5.60 Å². The van der Waals surface area contributed by atoms with Gasteiger partial charge in [0.05, 0.1) is 26.4 Å². The molecule has 3 aromatic rings.